The van der Waals surface area contributed by atoms with Gasteiger partial charge in [-0.2, -0.15) is 0 Å². The summed E-state index contributed by atoms with van der Waals surface area (Å²) >= 11 is 1.18. The van der Waals surface area contributed by atoms with Crippen LogP contribution >= 0.6 is 11.8 Å². The molecule has 1 aromatic heterocycles. The quantitative estimate of drug-likeness (QED) is 0.347. The summed E-state index contributed by atoms with van der Waals surface area (Å²) in [6.45, 7) is 0. The predicted molar refractivity (Wildman–Crippen MR) is 121 cm³/mol. The van der Waals surface area contributed by atoms with Crippen LogP contribution in [0, 0.1) is 0 Å². The van der Waals surface area contributed by atoms with E-state index in [9.17, 15) is 32.3 Å². The second-order valence-corrected chi connectivity index (χ2v) is 8.23. The van der Waals surface area contributed by atoms with Crippen LogP contribution in [0.15, 0.2) is 64.3 Å². The van der Waals surface area contributed by atoms with Crippen molar-refractivity contribution in [2.75, 3.05) is 16.8 Å². The van der Waals surface area contributed by atoms with Gasteiger partial charge in [0.1, 0.15) is 11.6 Å². The fourth-order valence-corrected chi connectivity index (χ4v) is 4.02. The Bertz CT molecular complexity index is 1390. The minimum Gasteiger partial charge on any atom is -0.406 e. The van der Waals surface area contributed by atoms with Crippen LogP contribution < -0.4 is 26.7 Å². The number of alkyl halides is 3. The van der Waals surface area contributed by atoms with E-state index in [0.717, 1.165) is 22.8 Å². The van der Waals surface area contributed by atoms with E-state index in [1.165, 1.54) is 23.9 Å². The third-order valence-corrected chi connectivity index (χ3v) is 5.80. The van der Waals surface area contributed by atoms with Crippen molar-refractivity contribution in [3.05, 3.63) is 76.1 Å². The number of carbonyl (C=O) groups is 3. The van der Waals surface area contributed by atoms with Gasteiger partial charge in [0.25, 0.3) is 17.4 Å². The summed E-state index contributed by atoms with van der Waals surface area (Å²) in [5.41, 5.74) is 5.93. The number of hydrogen-bond acceptors (Lipinski definition) is 7. The molecule has 3 aromatic rings. The molecule has 2 aromatic carbocycles. The van der Waals surface area contributed by atoms with Gasteiger partial charge < -0.3 is 15.8 Å². The average molecular weight is 504 g/mol. The lowest BCUT2D eigenvalue weighted by atomic mass is 10.1. The summed E-state index contributed by atoms with van der Waals surface area (Å²) in [6.07, 6.45) is -4.80. The zero-order chi connectivity index (χ0) is 25.3. The van der Waals surface area contributed by atoms with E-state index in [2.05, 4.69) is 15.4 Å². The van der Waals surface area contributed by atoms with Crippen molar-refractivity contribution in [3.63, 3.8) is 0 Å². The van der Waals surface area contributed by atoms with E-state index in [1.807, 2.05) is 0 Å². The highest BCUT2D eigenvalue weighted by Gasteiger charge is 2.32. The third-order valence-electron chi connectivity index (χ3n) is 4.79. The van der Waals surface area contributed by atoms with E-state index in [0.29, 0.717) is 16.3 Å². The molecule has 0 atom stereocenters. The molecule has 0 bridgehead atoms. The van der Waals surface area contributed by atoms with Crippen LogP contribution in [0.5, 0.6) is 5.75 Å². The maximum absolute atomic E-state index is 12.5. The van der Waals surface area contributed by atoms with Gasteiger partial charge in [-0.15, -0.1) is 24.9 Å². The third kappa shape index (κ3) is 5.30. The van der Waals surface area contributed by atoms with Crippen LogP contribution in [-0.2, 0) is 4.79 Å². The second kappa shape index (κ2) is 9.18. The van der Waals surface area contributed by atoms with Crippen LogP contribution in [-0.4, -0.2) is 34.4 Å². The van der Waals surface area contributed by atoms with Gasteiger partial charge in [-0.25, -0.2) is 0 Å². The summed E-state index contributed by atoms with van der Waals surface area (Å²) in [5.74, 6) is -2.32. The number of pyridine rings is 1. The molecular formula is C22H15F3N4O5S. The number of aromatic nitrogens is 1. The van der Waals surface area contributed by atoms with E-state index in [4.69, 9.17) is 5.73 Å². The Morgan fingerprint density at radius 1 is 1.03 bits per heavy atom. The summed E-state index contributed by atoms with van der Waals surface area (Å²) in [6, 6.07) is 12.2. The lowest BCUT2D eigenvalue weighted by Crippen LogP contribution is -2.24. The fourth-order valence-electron chi connectivity index (χ4n) is 3.32. The first kappa shape index (κ1) is 23.9. The molecule has 0 saturated carbocycles. The number of nitrogens with two attached hydrogens (primary N) is 1. The van der Waals surface area contributed by atoms with Gasteiger partial charge in [-0.1, -0.05) is 0 Å². The zero-order valence-electron chi connectivity index (χ0n) is 17.5. The van der Waals surface area contributed by atoms with Crippen LogP contribution in [0.25, 0.3) is 5.69 Å². The van der Waals surface area contributed by atoms with Crippen molar-refractivity contribution in [2.24, 2.45) is 0 Å². The summed E-state index contributed by atoms with van der Waals surface area (Å²) < 4.78 is 41.5. The number of imide groups is 1. The predicted octanol–water partition coefficient (Wildman–Crippen LogP) is 2.93. The molecular weight excluding hydrogens is 489 g/mol. The minimum atomic E-state index is -4.80. The number of ether oxygens (including phenoxy) is 1. The molecule has 3 amide bonds. The smallest absolute Gasteiger partial charge is 0.406 e. The Morgan fingerprint density at radius 3 is 2.31 bits per heavy atom. The largest absolute Gasteiger partial charge is 0.573 e. The fraction of sp³-hybridized carbons (Fsp3) is 0.0909. The maximum atomic E-state index is 12.5. The van der Waals surface area contributed by atoms with E-state index in [1.54, 1.807) is 24.3 Å². The molecule has 180 valence electrons. The highest BCUT2D eigenvalue weighted by atomic mass is 32.2. The van der Waals surface area contributed by atoms with Crippen LogP contribution in [0.1, 0.15) is 20.7 Å². The Hall–Kier alpha value is -4.26. The first-order chi connectivity index (χ1) is 16.5. The number of nitrogens with zero attached hydrogens (tertiary/aromatic N) is 1. The van der Waals surface area contributed by atoms with E-state index >= 15 is 0 Å². The molecule has 1 aliphatic rings. The Balaban J connectivity index is 1.40. The lowest BCUT2D eigenvalue weighted by molar-refractivity contribution is -0.274. The summed E-state index contributed by atoms with van der Waals surface area (Å²) in [7, 11) is 0. The number of anilines is 2. The summed E-state index contributed by atoms with van der Waals surface area (Å²) in [5, 5.41) is 4.65. The zero-order valence-corrected chi connectivity index (χ0v) is 18.3. The second-order valence-electron chi connectivity index (χ2n) is 7.18. The topological polar surface area (TPSA) is 133 Å². The normalized spacial score (nSPS) is 12.8. The number of fused-ring (bicyclic) bond motifs is 1. The van der Waals surface area contributed by atoms with Crippen LogP contribution in [0.2, 0.25) is 0 Å². The number of hydrogen-bond donors (Lipinski definition) is 3. The first-order valence-electron chi connectivity index (χ1n) is 9.82. The highest BCUT2D eigenvalue weighted by Crippen LogP contribution is 2.26. The number of amides is 3. The molecule has 4 rings (SSSR count). The highest BCUT2D eigenvalue weighted by molar-refractivity contribution is 8.00. The van der Waals surface area contributed by atoms with Crippen molar-refractivity contribution in [2.45, 2.75) is 11.3 Å². The van der Waals surface area contributed by atoms with Crippen molar-refractivity contribution in [1.29, 1.82) is 0 Å². The molecule has 0 radical (unpaired) electrons. The lowest BCUT2D eigenvalue weighted by Gasteiger charge is -2.12. The van der Waals surface area contributed by atoms with Crippen molar-refractivity contribution >= 4 is 41.0 Å². The Labute approximate surface area is 199 Å². The number of carbonyl (C=O) groups excluding carboxylic acids is 3. The molecule has 35 heavy (non-hydrogen) atoms. The van der Waals surface area contributed by atoms with Gasteiger partial charge >= 0.3 is 6.36 Å². The van der Waals surface area contributed by atoms with Crippen molar-refractivity contribution in [1.82, 2.24) is 9.88 Å². The van der Waals surface area contributed by atoms with Gasteiger partial charge in [0, 0.05) is 16.6 Å². The van der Waals surface area contributed by atoms with Crippen molar-refractivity contribution in [3.8, 4) is 11.4 Å². The average Bonchev–Trinajstić information content (AvgIpc) is 3.06. The molecule has 0 unspecified atom stereocenters. The maximum Gasteiger partial charge on any atom is 0.573 e. The Kier molecular flexibility index (Phi) is 6.26. The van der Waals surface area contributed by atoms with Crippen LogP contribution in [0.4, 0.5) is 24.7 Å². The van der Waals surface area contributed by atoms with E-state index in [-0.39, 0.29) is 22.7 Å². The number of halogens is 3. The Morgan fingerprint density at radius 2 is 1.69 bits per heavy atom. The standard InChI is InChI=1S/C22H15F3N4O5S/c23-22(24,25)34-13-5-1-11(2-6-13)27-16(30)10-35-14-7-3-12(4-8-14)29-17(31)9-15-18(19(29)26)21(33)28-20(15)32/h1-9H,10,26H2,(H,27,30)(H,28,32,33). The molecule has 0 aliphatic carbocycles. The number of rotatable bonds is 6. The van der Waals surface area contributed by atoms with Gasteiger partial charge in [-0.05, 0) is 48.5 Å². The summed E-state index contributed by atoms with van der Waals surface area (Å²) in [4.78, 5) is 49.1. The number of benzene rings is 2. The molecule has 0 saturated heterocycles. The number of nitrogens with one attached hydrogen (secondary N) is 2. The van der Waals surface area contributed by atoms with Crippen molar-refractivity contribution < 1.29 is 32.3 Å². The molecule has 9 nitrogen and oxygen atoms in total. The number of nitrogen functional groups attached to an aromatic ring is 1. The molecule has 0 fully saturated rings. The molecule has 1 aliphatic heterocycles. The number of thioether (sulfide) groups is 1. The van der Waals surface area contributed by atoms with Gasteiger partial charge in [-0.3, -0.25) is 29.1 Å². The minimum absolute atomic E-state index is 0.00334. The van der Waals surface area contributed by atoms with Gasteiger partial charge in [0.15, 0.2) is 0 Å². The molecule has 0 spiro atoms. The van der Waals surface area contributed by atoms with E-state index < -0.39 is 35.4 Å². The molecule has 13 heteroatoms. The SMILES string of the molecule is Nc1c2c(cc(=O)n1-c1ccc(SCC(=O)Nc3ccc(OC(F)(F)F)cc3)cc1)C(=O)NC2=O. The first-order valence-corrected chi connectivity index (χ1v) is 10.8. The molecule has 2 heterocycles. The monoisotopic (exact) mass is 504 g/mol. The van der Waals surface area contributed by atoms with Crippen LogP contribution in [0.3, 0.4) is 0 Å². The molecule has 4 N–H and O–H groups in total. The van der Waals surface area contributed by atoms with Gasteiger partial charge in [0.2, 0.25) is 5.91 Å². The van der Waals surface area contributed by atoms with Gasteiger partial charge in [0.05, 0.1) is 22.6 Å².